The van der Waals surface area contributed by atoms with E-state index in [1.54, 1.807) is 12.4 Å². The first-order valence-electron chi connectivity index (χ1n) is 6.51. The van der Waals surface area contributed by atoms with Gasteiger partial charge in [0.1, 0.15) is 11.0 Å². The smallest absolute Gasteiger partial charge is 0.146 e. The Hall–Kier alpha value is -1.88. The van der Waals surface area contributed by atoms with E-state index in [9.17, 15) is 0 Å². The second-order valence-corrected chi connectivity index (χ2v) is 5.31. The number of hydrogen-bond donors (Lipinski definition) is 1. The summed E-state index contributed by atoms with van der Waals surface area (Å²) in [5, 5.41) is 9.19. The van der Waals surface area contributed by atoms with Gasteiger partial charge in [0.2, 0.25) is 0 Å². The molecule has 0 atom stereocenters. The molecule has 0 spiro atoms. The van der Waals surface area contributed by atoms with Crippen LogP contribution in [0.2, 0.25) is 5.15 Å². The molecule has 2 rings (SSSR count). The molecule has 0 saturated heterocycles. The third-order valence-corrected chi connectivity index (χ3v) is 3.08. The Morgan fingerprint density at radius 1 is 1.45 bits per heavy atom. The Morgan fingerprint density at radius 2 is 2.25 bits per heavy atom. The molecule has 0 saturated carbocycles. The lowest BCUT2D eigenvalue weighted by Gasteiger charge is -2.05. The molecule has 2 aromatic rings. The van der Waals surface area contributed by atoms with Gasteiger partial charge in [0, 0.05) is 12.7 Å². The van der Waals surface area contributed by atoms with Gasteiger partial charge in [-0.3, -0.25) is 10.1 Å². The Balaban J connectivity index is 2.11. The van der Waals surface area contributed by atoms with E-state index in [-0.39, 0.29) is 0 Å². The number of anilines is 1. The number of rotatable bonds is 5. The highest BCUT2D eigenvalue weighted by Gasteiger charge is 2.12. The van der Waals surface area contributed by atoms with Crippen molar-refractivity contribution in [3.8, 4) is 0 Å². The first-order chi connectivity index (χ1) is 9.58. The normalized spacial score (nSPS) is 11.4. The maximum atomic E-state index is 6.32. The minimum absolute atomic E-state index is 0.489. The summed E-state index contributed by atoms with van der Waals surface area (Å²) in [5.41, 5.74) is 4.55. The molecule has 106 valence electrons. The molecule has 0 aliphatic carbocycles. The molecule has 0 bridgehead atoms. The van der Waals surface area contributed by atoms with Gasteiger partial charge in [-0.2, -0.15) is 10.2 Å². The van der Waals surface area contributed by atoms with Crippen molar-refractivity contribution in [3.05, 3.63) is 40.8 Å². The molecule has 2 heterocycles. The van der Waals surface area contributed by atoms with Gasteiger partial charge in [-0.1, -0.05) is 31.5 Å². The third-order valence-electron chi connectivity index (χ3n) is 2.69. The van der Waals surface area contributed by atoms with Gasteiger partial charge in [0.05, 0.1) is 17.5 Å². The Bertz CT molecular complexity index is 589. The number of hydrogen-bond acceptors (Lipinski definition) is 4. The monoisotopic (exact) mass is 291 g/mol. The van der Waals surface area contributed by atoms with Crippen LogP contribution < -0.4 is 5.43 Å². The van der Waals surface area contributed by atoms with Gasteiger partial charge in [-0.25, -0.2) is 4.98 Å². The Kier molecular flexibility index (Phi) is 4.74. The zero-order chi connectivity index (χ0) is 14.5. The molecule has 6 heteroatoms. The standard InChI is InChI=1S/C14H18ClN5/c1-10(2)9-20-14(15)12(11(3)19-20)8-17-18-13-6-4-5-7-16-13/h4-8,10H,9H2,1-3H3,(H,16,18)/b17-8-. The number of nitrogens with zero attached hydrogens (tertiary/aromatic N) is 4. The number of aromatic nitrogens is 3. The molecule has 1 N–H and O–H groups in total. The van der Waals surface area contributed by atoms with E-state index in [1.807, 2.05) is 29.8 Å². The molecule has 2 aromatic heterocycles. The van der Waals surface area contributed by atoms with Crippen LogP contribution >= 0.6 is 11.6 Å². The molecule has 0 aromatic carbocycles. The largest absolute Gasteiger partial charge is 0.261 e. The molecule has 0 unspecified atom stereocenters. The van der Waals surface area contributed by atoms with E-state index >= 15 is 0 Å². The number of halogens is 1. The summed E-state index contributed by atoms with van der Waals surface area (Å²) in [6, 6.07) is 5.59. The van der Waals surface area contributed by atoms with E-state index in [2.05, 4.69) is 34.5 Å². The summed E-state index contributed by atoms with van der Waals surface area (Å²) in [5.74, 6) is 1.18. The highest BCUT2D eigenvalue weighted by Crippen LogP contribution is 2.19. The summed E-state index contributed by atoms with van der Waals surface area (Å²) in [6.45, 7) is 6.97. The van der Waals surface area contributed by atoms with Crippen molar-refractivity contribution < 1.29 is 0 Å². The van der Waals surface area contributed by atoms with Crippen LogP contribution in [0.5, 0.6) is 0 Å². The summed E-state index contributed by atoms with van der Waals surface area (Å²) in [6.07, 6.45) is 3.38. The molecule has 0 amide bonds. The van der Waals surface area contributed by atoms with E-state index in [4.69, 9.17) is 11.6 Å². The van der Waals surface area contributed by atoms with E-state index in [0.29, 0.717) is 16.9 Å². The Morgan fingerprint density at radius 3 is 2.90 bits per heavy atom. The number of nitrogens with one attached hydrogen (secondary N) is 1. The van der Waals surface area contributed by atoms with Gasteiger partial charge in [-0.15, -0.1) is 0 Å². The zero-order valence-corrected chi connectivity index (χ0v) is 12.6. The lowest BCUT2D eigenvalue weighted by atomic mass is 10.2. The van der Waals surface area contributed by atoms with Crippen molar-refractivity contribution in [2.45, 2.75) is 27.3 Å². The molecule has 0 radical (unpaired) electrons. The van der Waals surface area contributed by atoms with Gasteiger partial charge in [-0.05, 0) is 25.0 Å². The molecule has 5 nitrogen and oxygen atoms in total. The van der Waals surface area contributed by atoms with Gasteiger partial charge >= 0.3 is 0 Å². The third kappa shape index (κ3) is 3.57. The predicted octanol–water partition coefficient (Wildman–Crippen LogP) is 3.34. The van der Waals surface area contributed by atoms with Crippen molar-refractivity contribution in [3.63, 3.8) is 0 Å². The maximum absolute atomic E-state index is 6.32. The highest BCUT2D eigenvalue weighted by atomic mass is 35.5. The summed E-state index contributed by atoms with van der Waals surface area (Å²) in [7, 11) is 0. The zero-order valence-electron chi connectivity index (χ0n) is 11.8. The van der Waals surface area contributed by atoms with Crippen molar-refractivity contribution in [2.75, 3.05) is 5.43 Å². The average molecular weight is 292 g/mol. The molecule has 0 fully saturated rings. The molecule has 20 heavy (non-hydrogen) atoms. The number of aryl methyl sites for hydroxylation is 1. The highest BCUT2D eigenvalue weighted by molar-refractivity contribution is 6.32. The maximum Gasteiger partial charge on any atom is 0.146 e. The van der Waals surface area contributed by atoms with Crippen molar-refractivity contribution in [2.24, 2.45) is 11.0 Å². The average Bonchev–Trinajstić information content (AvgIpc) is 2.67. The fraction of sp³-hybridized carbons (Fsp3) is 0.357. The minimum atomic E-state index is 0.489. The fourth-order valence-electron chi connectivity index (χ4n) is 1.77. The quantitative estimate of drug-likeness (QED) is 0.679. The van der Waals surface area contributed by atoms with Crippen LogP contribution in [0.3, 0.4) is 0 Å². The summed E-state index contributed by atoms with van der Waals surface area (Å²) < 4.78 is 1.81. The summed E-state index contributed by atoms with van der Waals surface area (Å²) in [4.78, 5) is 4.12. The van der Waals surface area contributed by atoms with Crippen molar-refractivity contribution in [1.82, 2.24) is 14.8 Å². The van der Waals surface area contributed by atoms with Crippen LogP contribution in [-0.4, -0.2) is 21.0 Å². The molecular formula is C14H18ClN5. The van der Waals surface area contributed by atoms with Crippen LogP contribution in [0, 0.1) is 12.8 Å². The topological polar surface area (TPSA) is 55.1 Å². The lowest BCUT2D eigenvalue weighted by molar-refractivity contribution is 0.482. The summed E-state index contributed by atoms with van der Waals surface area (Å²) >= 11 is 6.32. The molecule has 0 aliphatic rings. The predicted molar refractivity (Wildman–Crippen MR) is 82.3 cm³/mol. The lowest BCUT2D eigenvalue weighted by Crippen LogP contribution is -2.06. The first-order valence-corrected chi connectivity index (χ1v) is 6.88. The van der Waals surface area contributed by atoms with Gasteiger partial charge in [0.25, 0.3) is 0 Å². The number of hydrazone groups is 1. The van der Waals surface area contributed by atoms with Crippen molar-refractivity contribution in [1.29, 1.82) is 0 Å². The van der Waals surface area contributed by atoms with Crippen LogP contribution in [0.4, 0.5) is 5.82 Å². The van der Waals surface area contributed by atoms with Crippen LogP contribution in [0.15, 0.2) is 29.5 Å². The van der Waals surface area contributed by atoms with Gasteiger partial charge < -0.3 is 0 Å². The van der Waals surface area contributed by atoms with E-state index < -0.39 is 0 Å². The Labute approximate surface area is 123 Å². The SMILES string of the molecule is Cc1nn(CC(C)C)c(Cl)c1/C=N\Nc1ccccn1. The molecular weight excluding hydrogens is 274 g/mol. The first kappa shape index (κ1) is 14.5. The van der Waals surface area contributed by atoms with Crippen LogP contribution in [-0.2, 0) is 6.54 Å². The van der Waals surface area contributed by atoms with Crippen LogP contribution in [0.1, 0.15) is 25.1 Å². The minimum Gasteiger partial charge on any atom is -0.261 e. The van der Waals surface area contributed by atoms with E-state index in [0.717, 1.165) is 17.8 Å². The second-order valence-electron chi connectivity index (χ2n) is 4.95. The van der Waals surface area contributed by atoms with Crippen molar-refractivity contribution >= 4 is 23.6 Å². The van der Waals surface area contributed by atoms with Gasteiger partial charge in [0.15, 0.2) is 0 Å². The molecule has 0 aliphatic heterocycles. The van der Waals surface area contributed by atoms with Crippen LogP contribution in [0.25, 0.3) is 0 Å². The number of pyridine rings is 1. The second kappa shape index (κ2) is 6.52. The van der Waals surface area contributed by atoms with E-state index in [1.165, 1.54) is 0 Å². The fourth-order valence-corrected chi connectivity index (χ4v) is 2.06.